The van der Waals surface area contributed by atoms with E-state index in [4.69, 9.17) is 28.9 Å². The summed E-state index contributed by atoms with van der Waals surface area (Å²) >= 11 is 14.9. The van der Waals surface area contributed by atoms with Crippen molar-refractivity contribution in [2.75, 3.05) is 0 Å². The van der Waals surface area contributed by atoms with Crippen LogP contribution in [-0.2, 0) is 11.2 Å². The van der Waals surface area contributed by atoms with Crippen LogP contribution < -0.4 is 5.73 Å². The number of amides is 1. The molecule has 1 atom stereocenters. The Balaban J connectivity index is 2.87. The third-order valence-electron chi connectivity index (χ3n) is 1.74. The molecule has 2 nitrogen and oxygen atoms in total. The lowest BCUT2D eigenvalue weighted by Gasteiger charge is -2.08. The quantitative estimate of drug-likeness (QED) is 0.856. The van der Waals surface area contributed by atoms with Gasteiger partial charge in [0.05, 0.1) is 5.02 Å². The summed E-state index contributed by atoms with van der Waals surface area (Å²) in [5.41, 5.74) is 5.92. The van der Waals surface area contributed by atoms with E-state index in [1.54, 1.807) is 12.1 Å². The molecule has 1 aromatic carbocycles. The van der Waals surface area contributed by atoms with E-state index < -0.39 is 11.3 Å². The first-order valence-electron chi connectivity index (χ1n) is 3.88. The normalized spacial score (nSPS) is 12.5. The number of halogens is 3. The molecule has 1 aromatic rings. The van der Waals surface area contributed by atoms with Gasteiger partial charge < -0.3 is 5.73 Å². The van der Waals surface area contributed by atoms with Crippen molar-refractivity contribution in [3.8, 4) is 0 Å². The van der Waals surface area contributed by atoms with Gasteiger partial charge in [-0.2, -0.15) is 0 Å². The van der Waals surface area contributed by atoms with E-state index in [0.29, 0.717) is 11.4 Å². The fourth-order valence-corrected chi connectivity index (χ4v) is 1.79. The number of hydrogen-bond donors (Lipinski definition) is 1. The van der Waals surface area contributed by atoms with Crippen LogP contribution >= 0.6 is 39.1 Å². The minimum absolute atomic E-state index is 0.373. The SMILES string of the molecule is NC(=O)C(Cl)Cc1cccc(Cl)c1Br. The van der Waals surface area contributed by atoms with Gasteiger partial charge in [-0.25, -0.2) is 0 Å². The fraction of sp³-hybridized carbons (Fsp3) is 0.222. The van der Waals surface area contributed by atoms with Crippen LogP contribution in [0.2, 0.25) is 5.02 Å². The van der Waals surface area contributed by atoms with E-state index in [2.05, 4.69) is 15.9 Å². The number of primary amides is 1. The highest BCUT2D eigenvalue weighted by molar-refractivity contribution is 9.10. The molecule has 0 saturated heterocycles. The molecule has 1 unspecified atom stereocenters. The summed E-state index contributed by atoms with van der Waals surface area (Å²) in [7, 11) is 0. The maximum atomic E-state index is 10.7. The Kier molecular flexibility index (Phi) is 4.23. The molecule has 0 bridgehead atoms. The molecule has 0 fully saturated rings. The van der Waals surface area contributed by atoms with Crippen LogP contribution in [0.1, 0.15) is 5.56 Å². The molecule has 0 heterocycles. The zero-order chi connectivity index (χ0) is 10.7. The highest BCUT2D eigenvalue weighted by atomic mass is 79.9. The van der Waals surface area contributed by atoms with Gasteiger partial charge in [-0.3, -0.25) is 4.79 Å². The third-order valence-corrected chi connectivity index (χ3v) is 3.59. The van der Waals surface area contributed by atoms with Crippen LogP contribution in [0, 0.1) is 0 Å². The molecule has 2 N–H and O–H groups in total. The lowest BCUT2D eigenvalue weighted by Crippen LogP contribution is -2.25. The van der Waals surface area contributed by atoms with Gasteiger partial charge in [-0.1, -0.05) is 23.7 Å². The van der Waals surface area contributed by atoms with Crippen LogP contribution in [0.5, 0.6) is 0 Å². The largest absolute Gasteiger partial charge is 0.368 e. The van der Waals surface area contributed by atoms with Crippen LogP contribution in [-0.4, -0.2) is 11.3 Å². The molecule has 76 valence electrons. The van der Waals surface area contributed by atoms with Crippen molar-refractivity contribution in [2.45, 2.75) is 11.8 Å². The van der Waals surface area contributed by atoms with Crippen molar-refractivity contribution in [3.63, 3.8) is 0 Å². The number of rotatable bonds is 3. The van der Waals surface area contributed by atoms with Gasteiger partial charge in [0.25, 0.3) is 0 Å². The average Bonchev–Trinajstić information content (AvgIpc) is 2.12. The lowest BCUT2D eigenvalue weighted by molar-refractivity contribution is -0.117. The van der Waals surface area contributed by atoms with E-state index in [0.717, 1.165) is 10.0 Å². The van der Waals surface area contributed by atoms with Gasteiger partial charge in [0.15, 0.2) is 0 Å². The minimum atomic E-state index is -0.704. The number of alkyl halides is 1. The molecule has 0 aliphatic carbocycles. The Morgan fingerprint density at radius 1 is 1.57 bits per heavy atom. The Morgan fingerprint density at radius 2 is 2.21 bits per heavy atom. The van der Waals surface area contributed by atoms with Crippen molar-refractivity contribution in [1.82, 2.24) is 0 Å². The Hall–Kier alpha value is -0.250. The zero-order valence-corrected chi connectivity index (χ0v) is 10.2. The number of nitrogens with two attached hydrogens (primary N) is 1. The second-order valence-electron chi connectivity index (χ2n) is 2.79. The van der Waals surface area contributed by atoms with Crippen LogP contribution in [0.4, 0.5) is 0 Å². The van der Waals surface area contributed by atoms with Gasteiger partial charge >= 0.3 is 0 Å². The smallest absolute Gasteiger partial charge is 0.235 e. The Morgan fingerprint density at radius 3 is 2.79 bits per heavy atom. The van der Waals surface area contributed by atoms with E-state index in [1.807, 2.05) is 6.07 Å². The van der Waals surface area contributed by atoms with Crippen LogP contribution in [0.15, 0.2) is 22.7 Å². The van der Waals surface area contributed by atoms with E-state index in [9.17, 15) is 4.79 Å². The first-order valence-corrected chi connectivity index (χ1v) is 5.49. The topological polar surface area (TPSA) is 43.1 Å². The summed E-state index contributed by atoms with van der Waals surface area (Å²) < 4.78 is 0.758. The van der Waals surface area contributed by atoms with E-state index in [1.165, 1.54) is 0 Å². The predicted octanol–water partition coefficient (Wildman–Crippen LogP) is 2.74. The standard InChI is InChI=1S/C9H8BrCl2NO/c10-8-5(2-1-3-6(8)11)4-7(12)9(13)14/h1-3,7H,4H2,(H2,13,14). The molecule has 0 aliphatic rings. The van der Waals surface area contributed by atoms with Gasteiger partial charge in [-0.15, -0.1) is 11.6 Å². The highest BCUT2D eigenvalue weighted by Gasteiger charge is 2.14. The van der Waals surface area contributed by atoms with E-state index in [-0.39, 0.29) is 0 Å². The van der Waals surface area contributed by atoms with E-state index >= 15 is 0 Å². The molecule has 1 rings (SSSR count). The molecule has 1 amide bonds. The molecule has 5 heteroatoms. The molecular weight excluding hydrogens is 289 g/mol. The van der Waals surface area contributed by atoms with Crippen LogP contribution in [0.3, 0.4) is 0 Å². The maximum absolute atomic E-state index is 10.7. The second kappa shape index (κ2) is 5.01. The molecule has 14 heavy (non-hydrogen) atoms. The van der Waals surface area contributed by atoms with Gasteiger partial charge in [0.2, 0.25) is 5.91 Å². The van der Waals surface area contributed by atoms with Crippen LogP contribution in [0.25, 0.3) is 0 Å². The Labute approximate surface area is 101 Å². The summed E-state index contributed by atoms with van der Waals surface area (Å²) in [4.78, 5) is 10.7. The lowest BCUT2D eigenvalue weighted by atomic mass is 10.1. The summed E-state index contributed by atoms with van der Waals surface area (Å²) in [6, 6.07) is 5.39. The molecular formula is C9H8BrCl2NO. The molecule has 0 spiro atoms. The zero-order valence-electron chi connectivity index (χ0n) is 7.14. The highest BCUT2D eigenvalue weighted by Crippen LogP contribution is 2.27. The summed E-state index contributed by atoms with van der Waals surface area (Å²) in [5, 5.41) is -0.111. The van der Waals surface area contributed by atoms with Gasteiger partial charge in [-0.05, 0) is 34.0 Å². The predicted molar refractivity (Wildman–Crippen MR) is 61.7 cm³/mol. The number of carbonyl (C=O) groups excluding carboxylic acids is 1. The van der Waals surface area contributed by atoms with Crippen molar-refractivity contribution < 1.29 is 4.79 Å². The van der Waals surface area contributed by atoms with Crippen molar-refractivity contribution in [3.05, 3.63) is 33.3 Å². The minimum Gasteiger partial charge on any atom is -0.368 e. The molecule has 0 saturated carbocycles. The first kappa shape index (κ1) is 11.8. The fourth-order valence-electron chi connectivity index (χ4n) is 1.000. The van der Waals surface area contributed by atoms with Crippen molar-refractivity contribution >= 4 is 45.0 Å². The second-order valence-corrected chi connectivity index (χ2v) is 4.51. The maximum Gasteiger partial charge on any atom is 0.235 e. The van der Waals surface area contributed by atoms with Gasteiger partial charge in [0.1, 0.15) is 5.38 Å². The van der Waals surface area contributed by atoms with Crippen molar-refractivity contribution in [2.24, 2.45) is 5.73 Å². The van der Waals surface area contributed by atoms with Crippen molar-refractivity contribution in [1.29, 1.82) is 0 Å². The summed E-state index contributed by atoms with van der Waals surface area (Å²) in [6.45, 7) is 0. The molecule has 0 aromatic heterocycles. The van der Waals surface area contributed by atoms with Gasteiger partial charge in [0, 0.05) is 4.47 Å². The third kappa shape index (κ3) is 2.87. The average molecular weight is 297 g/mol. The molecule has 0 radical (unpaired) electrons. The monoisotopic (exact) mass is 295 g/mol. The number of carbonyl (C=O) groups is 1. The first-order chi connectivity index (χ1) is 6.52. The summed E-state index contributed by atoms with van der Waals surface area (Å²) in [6.07, 6.45) is 0.373. The number of benzene rings is 1. The molecule has 0 aliphatic heterocycles. The summed E-state index contributed by atoms with van der Waals surface area (Å²) in [5.74, 6) is -0.529. The number of hydrogen-bond acceptors (Lipinski definition) is 1. The Bertz CT molecular complexity index is 357.